The lowest BCUT2D eigenvalue weighted by Crippen LogP contribution is -2.11. The minimum atomic E-state index is -4.12. The molecule has 1 atom stereocenters. The molecule has 1 rings (SSSR count). The van der Waals surface area contributed by atoms with Gasteiger partial charge in [0.2, 0.25) is 0 Å². The quantitative estimate of drug-likeness (QED) is 0.365. The summed E-state index contributed by atoms with van der Waals surface area (Å²) in [6.07, 6.45) is 0.365. The maximum absolute atomic E-state index is 11.2. The van der Waals surface area contributed by atoms with Gasteiger partial charge in [0.25, 0.3) is 0 Å². The summed E-state index contributed by atoms with van der Waals surface area (Å²) in [7, 11) is -4.12. The minimum Gasteiger partial charge on any atom is -0.384 e. The van der Waals surface area contributed by atoms with Crippen molar-refractivity contribution in [1.82, 2.24) is 0 Å². The number of benzene rings is 1. The molecular weight excluding hydrogens is 227 g/mol. The Labute approximate surface area is 94.0 Å². The van der Waals surface area contributed by atoms with E-state index in [1.54, 1.807) is 31.2 Å². The highest BCUT2D eigenvalue weighted by Crippen LogP contribution is 2.53. The number of nitrogens with one attached hydrogen (secondary N) is 1. The van der Waals surface area contributed by atoms with Gasteiger partial charge in [-0.05, 0) is 12.0 Å². The zero-order valence-electron chi connectivity index (χ0n) is 8.92. The van der Waals surface area contributed by atoms with E-state index in [0.717, 1.165) is 0 Å². The Hall–Kier alpha value is -1.16. The van der Waals surface area contributed by atoms with Gasteiger partial charge in [-0.3, -0.25) is 9.97 Å². The predicted octanol–water partition coefficient (Wildman–Crippen LogP) is 1.60. The Bertz CT molecular complexity index is 424. The minimum absolute atomic E-state index is 0.0595. The normalized spacial score (nSPS) is 13.4. The molecule has 0 bridgehead atoms. The highest BCUT2D eigenvalue weighted by atomic mass is 31.2. The molecule has 0 heterocycles. The van der Waals surface area contributed by atoms with Crippen molar-refractivity contribution in [1.29, 1.82) is 5.41 Å². The topological polar surface area (TPSA) is 107 Å². The van der Waals surface area contributed by atoms with Crippen LogP contribution in [0.25, 0.3) is 0 Å². The molecule has 0 fully saturated rings. The van der Waals surface area contributed by atoms with Crippen LogP contribution in [0, 0.1) is 5.41 Å². The van der Waals surface area contributed by atoms with Gasteiger partial charge in [0.05, 0.1) is 5.66 Å². The third-order valence-corrected chi connectivity index (χ3v) is 3.87. The van der Waals surface area contributed by atoms with Gasteiger partial charge in [-0.25, -0.2) is 0 Å². The van der Waals surface area contributed by atoms with Gasteiger partial charge >= 0.3 is 7.60 Å². The number of rotatable bonds is 4. The molecule has 0 aromatic heterocycles. The van der Waals surface area contributed by atoms with Crippen LogP contribution < -0.4 is 5.73 Å². The van der Waals surface area contributed by atoms with E-state index in [2.05, 4.69) is 0 Å². The van der Waals surface area contributed by atoms with E-state index in [9.17, 15) is 4.57 Å². The molecule has 0 saturated carbocycles. The third kappa shape index (κ3) is 2.92. The Morgan fingerprint density at radius 1 is 1.44 bits per heavy atom. The second kappa shape index (κ2) is 4.78. The van der Waals surface area contributed by atoms with Gasteiger partial charge in [0, 0.05) is 5.56 Å². The van der Waals surface area contributed by atoms with Crippen molar-refractivity contribution in [2.45, 2.75) is 19.0 Å². The van der Waals surface area contributed by atoms with Gasteiger partial charge in [0.15, 0.2) is 0 Å². The van der Waals surface area contributed by atoms with Crippen LogP contribution in [0.4, 0.5) is 0 Å². The van der Waals surface area contributed by atoms with E-state index in [1.807, 2.05) is 0 Å². The maximum atomic E-state index is 11.2. The highest BCUT2D eigenvalue weighted by Gasteiger charge is 2.28. The van der Waals surface area contributed by atoms with Gasteiger partial charge in [0.1, 0.15) is 5.84 Å². The van der Waals surface area contributed by atoms with Crippen molar-refractivity contribution < 1.29 is 14.4 Å². The van der Waals surface area contributed by atoms with Crippen LogP contribution in [0.15, 0.2) is 24.3 Å². The van der Waals surface area contributed by atoms with Crippen LogP contribution in [0.5, 0.6) is 0 Å². The molecule has 88 valence electrons. The fourth-order valence-electron chi connectivity index (χ4n) is 1.55. The molecule has 5 nitrogen and oxygen atoms in total. The summed E-state index contributed by atoms with van der Waals surface area (Å²) in [6, 6.07) is 6.39. The molecule has 5 N–H and O–H groups in total. The average Bonchev–Trinajstić information content (AvgIpc) is 2.17. The van der Waals surface area contributed by atoms with Crippen LogP contribution in [0.1, 0.15) is 30.1 Å². The van der Waals surface area contributed by atoms with Crippen LogP contribution in [0.2, 0.25) is 0 Å². The van der Waals surface area contributed by atoms with E-state index < -0.39 is 13.3 Å². The van der Waals surface area contributed by atoms with E-state index in [-0.39, 0.29) is 5.84 Å². The second-order valence-electron chi connectivity index (χ2n) is 3.55. The molecule has 1 aromatic carbocycles. The standard InChI is InChI=1S/C10H15N2O3P/c1-2-9(16(13,14)15)7-3-5-8(6-4-7)10(11)12/h3-6,9H,2H2,1H3,(H3,11,12)(H2,13,14,15). The lowest BCUT2D eigenvalue weighted by atomic mass is 10.1. The van der Waals surface area contributed by atoms with Crippen molar-refractivity contribution in [3.63, 3.8) is 0 Å². The molecule has 6 heteroatoms. The SMILES string of the molecule is CCC(c1ccc(C(=N)N)cc1)P(=O)(O)O. The van der Waals surface area contributed by atoms with Crippen LogP contribution in [-0.2, 0) is 4.57 Å². The van der Waals surface area contributed by atoms with Crippen LogP contribution in [0.3, 0.4) is 0 Å². The Morgan fingerprint density at radius 3 is 2.25 bits per heavy atom. The molecule has 0 radical (unpaired) electrons. The molecule has 0 aliphatic carbocycles. The van der Waals surface area contributed by atoms with Crippen molar-refractivity contribution in [2.24, 2.45) is 5.73 Å². The molecular formula is C10H15N2O3P. The lowest BCUT2D eigenvalue weighted by Gasteiger charge is -2.17. The molecule has 0 aliphatic heterocycles. The zero-order valence-corrected chi connectivity index (χ0v) is 9.82. The third-order valence-electron chi connectivity index (χ3n) is 2.40. The first-order chi connectivity index (χ1) is 7.36. The Kier molecular flexibility index (Phi) is 3.86. The summed E-state index contributed by atoms with van der Waals surface area (Å²) in [4.78, 5) is 18.3. The van der Waals surface area contributed by atoms with Crippen molar-refractivity contribution in [2.75, 3.05) is 0 Å². The highest BCUT2D eigenvalue weighted by molar-refractivity contribution is 7.52. The van der Waals surface area contributed by atoms with Crippen LogP contribution >= 0.6 is 7.60 Å². The smallest absolute Gasteiger partial charge is 0.332 e. The van der Waals surface area contributed by atoms with Crippen molar-refractivity contribution in [3.8, 4) is 0 Å². The Balaban J connectivity index is 3.05. The first kappa shape index (κ1) is 12.9. The van der Waals surface area contributed by atoms with E-state index in [0.29, 0.717) is 17.5 Å². The number of amidine groups is 1. The molecule has 0 saturated heterocycles. The molecule has 0 aliphatic rings. The number of hydrogen-bond acceptors (Lipinski definition) is 2. The molecule has 16 heavy (non-hydrogen) atoms. The van der Waals surface area contributed by atoms with E-state index in [1.165, 1.54) is 0 Å². The summed E-state index contributed by atoms with van der Waals surface area (Å²) >= 11 is 0. The summed E-state index contributed by atoms with van der Waals surface area (Å²) in [5.74, 6) is -0.0595. The molecule has 0 amide bonds. The molecule has 1 unspecified atom stereocenters. The summed E-state index contributed by atoms with van der Waals surface area (Å²) < 4.78 is 11.2. The van der Waals surface area contributed by atoms with Crippen molar-refractivity contribution >= 4 is 13.4 Å². The zero-order chi connectivity index (χ0) is 12.3. The van der Waals surface area contributed by atoms with E-state index >= 15 is 0 Å². The van der Waals surface area contributed by atoms with Gasteiger partial charge in [-0.2, -0.15) is 0 Å². The second-order valence-corrected chi connectivity index (χ2v) is 5.35. The number of hydrogen-bond donors (Lipinski definition) is 4. The van der Waals surface area contributed by atoms with E-state index in [4.69, 9.17) is 20.9 Å². The first-order valence-electron chi connectivity index (χ1n) is 4.85. The maximum Gasteiger partial charge on any atom is 0.332 e. The van der Waals surface area contributed by atoms with Crippen molar-refractivity contribution in [3.05, 3.63) is 35.4 Å². The fraction of sp³-hybridized carbons (Fsp3) is 0.300. The van der Waals surface area contributed by atoms with Crippen LogP contribution in [-0.4, -0.2) is 15.6 Å². The summed E-state index contributed by atoms with van der Waals surface area (Å²) in [5, 5.41) is 7.21. The Morgan fingerprint density at radius 2 is 1.94 bits per heavy atom. The predicted molar refractivity (Wildman–Crippen MR) is 62.5 cm³/mol. The number of nitrogen functional groups attached to an aromatic ring is 1. The number of nitrogens with two attached hydrogens (primary N) is 1. The first-order valence-corrected chi connectivity index (χ1v) is 6.54. The fourth-order valence-corrected chi connectivity index (χ4v) is 2.59. The largest absolute Gasteiger partial charge is 0.384 e. The average molecular weight is 242 g/mol. The monoisotopic (exact) mass is 242 g/mol. The van der Waals surface area contributed by atoms with Gasteiger partial charge < -0.3 is 15.5 Å². The molecule has 0 spiro atoms. The van der Waals surface area contributed by atoms with Gasteiger partial charge in [-0.1, -0.05) is 31.2 Å². The summed E-state index contributed by atoms with van der Waals surface area (Å²) in [6.45, 7) is 1.72. The lowest BCUT2D eigenvalue weighted by molar-refractivity contribution is 0.357. The summed E-state index contributed by atoms with van der Waals surface area (Å²) in [5.41, 5.74) is 5.62. The molecule has 1 aromatic rings. The van der Waals surface area contributed by atoms with Gasteiger partial charge in [-0.15, -0.1) is 0 Å².